The molecule has 1 saturated heterocycles. The van der Waals surface area contributed by atoms with Crippen molar-refractivity contribution in [3.63, 3.8) is 0 Å². The maximum absolute atomic E-state index is 12.6. The molecule has 1 aliphatic heterocycles. The Morgan fingerprint density at radius 2 is 1.75 bits per heavy atom. The van der Waals surface area contributed by atoms with Gasteiger partial charge in [0.2, 0.25) is 11.8 Å². The zero-order chi connectivity index (χ0) is 20.4. The lowest BCUT2D eigenvalue weighted by Gasteiger charge is -2.23. The second-order valence-corrected chi connectivity index (χ2v) is 7.39. The van der Waals surface area contributed by atoms with Crippen LogP contribution in [0, 0.1) is 11.8 Å². The average Bonchev–Trinajstić information content (AvgIpc) is 2.92. The second-order valence-electron chi connectivity index (χ2n) is 6.96. The predicted molar refractivity (Wildman–Crippen MR) is 102 cm³/mol. The lowest BCUT2D eigenvalue weighted by molar-refractivity contribution is -0.163. The zero-order valence-corrected chi connectivity index (χ0v) is 16.3. The SMILES string of the molecule is C[C@H](OC(=O)[C@H](C)N1C(=O)[C@H]2CC=CC[C@@H]2C1=O)C(=O)Nc1cccc(Cl)c1. The monoisotopic (exact) mass is 404 g/mol. The van der Waals surface area contributed by atoms with Crippen molar-refractivity contribution in [2.75, 3.05) is 5.32 Å². The van der Waals surface area contributed by atoms with E-state index in [-0.39, 0.29) is 11.8 Å². The van der Waals surface area contributed by atoms with Gasteiger partial charge in [-0.2, -0.15) is 0 Å². The Labute approximate surface area is 167 Å². The Morgan fingerprint density at radius 1 is 1.14 bits per heavy atom. The number of carbonyl (C=O) groups is 4. The first-order chi connectivity index (χ1) is 13.3. The summed E-state index contributed by atoms with van der Waals surface area (Å²) in [5.41, 5.74) is 0.468. The number of ether oxygens (including phenoxy) is 1. The minimum Gasteiger partial charge on any atom is -0.451 e. The number of anilines is 1. The molecule has 0 saturated carbocycles. The third kappa shape index (κ3) is 3.94. The number of benzene rings is 1. The minimum absolute atomic E-state index is 0.361. The van der Waals surface area contributed by atoms with Crippen LogP contribution in [0.1, 0.15) is 26.7 Å². The van der Waals surface area contributed by atoms with Gasteiger partial charge in [-0.1, -0.05) is 29.8 Å². The van der Waals surface area contributed by atoms with Crippen LogP contribution in [0.25, 0.3) is 0 Å². The Bertz CT molecular complexity index is 827. The average molecular weight is 405 g/mol. The van der Waals surface area contributed by atoms with E-state index in [0.717, 1.165) is 4.90 Å². The van der Waals surface area contributed by atoms with Crippen molar-refractivity contribution in [3.05, 3.63) is 41.4 Å². The van der Waals surface area contributed by atoms with Crippen molar-refractivity contribution in [2.45, 2.75) is 38.8 Å². The molecule has 2 aliphatic rings. The molecule has 4 atom stereocenters. The van der Waals surface area contributed by atoms with Crippen LogP contribution in [0.3, 0.4) is 0 Å². The molecule has 3 rings (SSSR count). The molecule has 1 aromatic rings. The molecule has 0 spiro atoms. The van der Waals surface area contributed by atoms with Gasteiger partial charge in [0.25, 0.3) is 5.91 Å². The third-order valence-corrected chi connectivity index (χ3v) is 5.26. The van der Waals surface area contributed by atoms with Crippen LogP contribution in [-0.4, -0.2) is 40.7 Å². The van der Waals surface area contributed by atoms with Gasteiger partial charge in [-0.15, -0.1) is 0 Å². The highest BCUT2D eigenvalue weighted by molar-refractivity contribution is 6.30. The van der Waals surface area contributed by atoms with Gasteiger partial charge in [0, 0.05) is 10.7 Å². The summed E-state index contributed by atoms with van der Waals surface area (Å²) in [5, 5.41) is 3.05. The predicted octanol–water partition coefficient (Wildman–Crippen LogP) is 2.55. The number of nitrogens with zero attached hydrogens (tertiary/aromatic N) is 1. The lowest BCUT2D eigenvalue weighted by atomic mass is 9.85. The number of esters is 1. The summed E-state index contributed by atoms with van der Waals surface area (Å²) in [6.45, 7) is 2.85. The van der Waals surface area contributed by atoms with Gasteiger partial charge in [-0.05, 0) is 44.9 Å². The van der Waals surface area contributed by atoms with Gasteiger partial charge in [0.05, 0.1) is 11.8 Å². The third-order valence-electron chi connectivity index (χ3n) is 5.02. The molecule has 148 valence electrons. The van der Waals surface area contributed by atoms with Crippen LogP contribution < -0.4 is 5.32 Å². The van der Waals surface area contributed by atoms with Gasteiger partial charge in [0.15, 0.2) is 6.10 Å². The summed E-state index contributed by atoms with van der Waals surface area (Å²) >= 11 is 5.88. The fourth-order valence-electron chi connectivity index (χ4n) is 3.45. The highest BCUT2D eigenvalue weighted by Gasteiger charge is 2.50. The summed E-state index contributed by atoms with van der Waals surface area (Å²) < 4.78 is 5.19. The molecular weight excluding hydrogens is 384 g/mol. The summed E-state index contributed by atoms with van der Waals surface area (Å²) in [5.74, 6) is -2.91. The summed E-state index contributed by atoms with van der Waals surface area (Å²) in [6.07, 6.45) is 3.63. The van der Waals surface area contributed by atoms with E-state index in [1.54, 1.807) is 24.3 Å². The van der Waals surface area contributed by atoms with E-state index >= 15 is 0 Å². The standard InChI is InChI=1S/C20H21ClN2O5/c1-11(23-18(25)15-8-3-4-9-16(15)19(23)26)20(27)28-12(2)17(24)22-14-7-5-6-13(21)10-14/h3-7,10-12,15-16H,8-9H2,1-2H3,(H,22,24)/t11-,12-,15-,16-/m0/s1. The Balaban J connectivity index is 1.61. The fourth-order valence-corrected chi connectivity index (χ4v) is 3.64. The molecule has 0 bridgehead atoms. The van der Waals surface area contributed by atoms with Crippen molar-refractivity contribution < 1.29 is 23.9 Å². The quantitative estimate of drug-likeness (QED) is 0.462. The van der Waals surface area contributed by atoms with E-state index in [9.17, 15) is 19.2 Å². The summed E-state index contributed by atoms with van der Waals surface area (Å²) in [6, 6.07) is 5.47. The first kappa shape index (κ1) is 20.1. The van der Waals surface area contributed by atoms with Crippen molar-refractivity contribution in [1.82, 2.24) is 4.90 Å². The second kappa shape index (κ2) is 8.14. The van der Waals surface area contributed by atoms with E-state index in [0.29, 0.717) is 23.6 Å². The number of nitrogens with one attached hydrogen (secondary N) is 1. The Morgan fingerprint density at radius 3 is 2.32 bits per heavy atom. The summed E-state index contributed by atoms with van der Waals surface area (Å²) in [7, 11) is 0. The number of rotatable bonds is 5. The van der Waals surface area contributed by atoms with Crippen LogP contribution in [0.15, 0.2) is 36.4 Å². The van der Waals surface area contributed by atoms with E-state index < -0.39 is 35.9 Å². The topological polar surface area (TPSA) is 92.8 Å². The molecule has 0 unspecified atom stereocenters. The molecular formula is C20H21ClN2O5. The fraction of sp³-hybridized carbons (Fsp3) is 0.400. The number of imide groups is 1. The van der Waals surface area contributed by atoms with Gasteiger partial charge in [-0.3, -0.25) is 19.3 Å². The summed E-state index contributed by atoms with van der Waals surface area (Å²) in [4.78, 5) is 50.8. The van der Waals surface area contributed by atoms with E-state index in [1.165, 1.54) is 13.8 Å². The van der Waals surface area contributed by atoms with Crippen LogP contribution in [0.4, 0.5) is 5.69 Å². The first-order valence-corrected chi connectivity index (χ1v) is 9.46. The molecule has 8 heteroatoms. The smallest absolute Gasteiger partial charge is 0.329 e. The Kier molecular flexibility index (Phi) is 5.84. The van der Waals surface area contributed by atoms with Crippen molar-refractivity contribution in [2.24, 2.45) is 11.8 Å². The first-order valence-electron chi connectivity index (χ1n) is 9.08. The van der Waals surface area contributed by atoms with E-state index in [2.05, 4.69) is 5.32 Å². The maximum Gasteiger partial charge on any atom is 0.329 e. The lowest BCUT2D eigenvalue weighted by Crippen LogP contribution is -2.46. The number of allylic oxidation sites excluding steroid dienone is 2. The van der Waals surface area contributed by atoms with E-state index in [4.69, 9.17) is 16.3 Å². The maximum atomic E-state index is 12.6. The van der Waals surface area contributed by atoms with Crippen LogP contribution in [0.5, 0.6) is 0 Å². The molecule has 1 aromatic carbocycles. The van der Waals surface area contributed by atoms with Gasteiger partial charge in [-0.25, -0.2) is 4.79 Å². The van der Waals surface area contributed by atoms with Crippen LogP contribution >= 0.6 is 11.6 Å². The number of hydrogen-bond donors (Lipinski definition) is 1. The molecule has 1 aliphatic carbocycles. The zero-order valence-electron chi connectivity index (χ0n) is 15.6. The molecule has 3 amide bonds. The molecule has 7 nitrogen and oxygen atoms in total. The van der Waals surface area contributed by atoms with Gasteiger partial charge < -0.3 is 10.1 Å². The minimum atomic E-state index is -1.11. The van der Waals surface area contributed by atoms with E-state index in [1.807, 2.05) is 12.2 Å². The number of hydrogen-bond acceptors (Lipinski definition) is 5. The number of fused-ring (bicyclic) bond motifs is 1. The molecule has 28 heavy (non-hydrogen) atoms. The highest BCUT2D eigenvalue weighted by Crippen LogP contribution is 2.36. The molecule has 1 fully saturated rings. The van der Waals surface area contributed by atoms with Crippen LogP contribution in [-0.2, 0) is 23.9 Å². The van der Waals surface area contributed by atoms with Crippen molar-refractivity contribution in [3.8, 4) is 0 Å². The van der Waals surface area contributed by atoms with Crippen molar-refractivity contribution >= 4 is 41.0 Å². The largest absolute Gasteiger partial charge is 0.451 e. The molecule has 0 radical (unpaired) electrons. The van der Waals surface area contributed by atoms with Crippen molar-refractivity contribution in [1.29, 1.82) is 0 Å². The molecule has 1 N–H and O–H groups in total. The number of amides is 3. The number of carbonyl (C=O) groups excluding carboxylic acids is 4. The number of halogens is 1. The van der Waals surface area contributed by atoms with Crippen LogP contribution in [0.2, 0.25) is 5.02 Å². The normalized spacial score (nSPS) is 23.2. The van der Waals surface area contributed by atoms with Gasteiger partial charge in [0.1, 0.15) is 6.04 Å². The number of likely N-dealkylation sites (tertiary alicyclic amines) is 1. The molecule has 0 aromatic heterocycles. The van der Waals surface area contributed by atoms with Gasteiger partial charge >= 0.3 is 5.97 Å². The molecule has 1 heterocycles. The highest BCUT2D eigenvalue weighted by atomic mass is 35.5. The Hall–Kier alpha value is -2.67.